The maximum Gasteiger partial charge on any atom is 0.305 e. The fraction of sp³-hybridized carbons (Fsp3) is 0.947. The highest BCUT2D eigenvalue weighted by atomic mass is 16.6. The Hall–Kier alpha value is -0.690. The Kier molecular flexibility index (Phi) is 20.8. The lowest BCUT2D eigenvalue weighted by Crippen LogP contribution is -2.12. The summed E-state index contributed by atoms with van der Waals surface area (Å²) in [5.74, 6) is -0.124. The molecule has 0 amide bonds. The van der Waals surface area contributed by atoms with Gasteiger partial charge in [-0.25, -0.2) is 0 Å². The SMILES string of the molecule is CCCCCCCCOC(=O)CCCOCCOCCOCCOC. The van der Waals surface area contributed by atoms with Crippen LogP contribution in [0.15, 0.2) is 0 Å². The summed E-state index contributed by atoms with van der Waals surface area (Å²) in [5, 5.41) is 0. The van der Waals surface area contributed by atoms with Gasteiger partial charge in [0.1, 0.15) is 0 Å². The minimum Gasteiger partial charge on any atom is -0.466 e. The average Bonchev–Trinajstić information content (AvgIpc) is 2.62. The molecule has 6 nitrogen and oxygen atoms in total. The summed E-state index contributed by atoms with van der Waals surface area (Å²) in [6.07, 6.45) is 8.30. The molecule has 0 aliphatic heterocycles. The molecule has 0 heterocycles. The Morgan fingerprint density at radius 3 is 1.84 bits per heavy atom. The lowest BCUT2D eigenvalue weighted by molar-refractivity contribution is -0.144. The van der Waals surface area contributed by atoms with E-state index in [1.54, 1.807) is 7.11 Å². The largest absolute Gasteiger partial charge is 0.466 e. The molecule has 0 aromatic carbocycles. The van der Waals surface area contributed by atoms with Crippen molar-refractivity contribution in [3.8, 4) is 0 Å². The lowest BCUT2D eigenvalue weighted by atomic mass is 10.1. The van der Waals surface area contributed by atoms with E-state index in [0.29, 0.717) is 65.7 Å². The summed E-state index contributed by atoms with van der Waals surface area (Å²) >= 11 is 0. The van der Waals surface area contributed by atoms with Crippen molar-refractivity contribution < 1.29 is 28.5 Å². The molecule has 0 N–H and O–H groups in total. The number of hydrogen-bond acceptors (Lipinski definition) is 6. The maximum atomic E-state index is 11.5. The Balaban J connectivity index is 3.12. The molecule has 0 saturated carbocycles. The van der Waals surface area contributed by atoms with Gasteiger partial charge in [-0.1, -0.05) is 39.0 Å². The zero-order valence-corrected chi connectivity index (χ0v) is 16.3. The molecule has 0 atom stereocenters. The zero-order chi connectivity index (χ0) is 18.4. The van der Waals surface area contributed by atoms with E-state index in [0.717, 1.165) is 12.8 Å². The van der Waals surface area contributed by atoms with Gasteiger partial charge in [-0.3, -0.25) is 4.79 Å². The van der Waals surface area contributed by atoms with Crippen LogP contribution < -0.4 is 0 Å². The average molecular weight is 363 g/mol. The molecule has 0 aromatic rings. The Bertz CT molecular complexity index is 273. The van der Waals surface area contributed by atoms with Gasteiger partial charge < -0.3 is 23.7 Å². The van der Waals surface area contributed by atoms with Crippen molar-refractivity contribution in [1.29, 1.82) is 0 Å². The summed E-state index contributed by atoms with van der Waals surface area (Å²) in [6, 6.07) is 0. The van der Waals surface area contributed by atoms with E-state index in [1.165, 1.54) is 25.7 Å². The van der Waals surface area contributed by atoms with Crippen molar-refractivity contribution in [2.75, 3.05) is 60.0 Å². The van der Waals surface area contributed by atoms with Gasteiger partial charge in [-0.15, -0.1) is 0 Å². The minimum atomic E-state index is -0.124. The van der Waals surface area contributed by atoms with Crippen molar-refractivity contribution in [2.45, 2.75) is 58.3 Å². The lowest BCUT2D eigenvalue weighted by Gasteiger charge is -2.07. The van der Waals surface area contributed by atoms with Crippen molar-refractivity contribution in [1.82, 2.24) is 0 Å². The zero-order valence-electron chi connectivity index (χ0n) is 16.3. The smallest absolute Gasteiger partial charge is 0.305 e. The predicted molar refractivity (Wildman–Crippen MR) is 97.9 cm³/mol. The quantitative estimate of drug-likeness (QED) is 0.244. The number of hydrogen-bond donors (Lipinski definition) is 0. The first-order chi connectivity index (χ1) is 12.3. The second-order valence-corrected chi connectivity index (χ2v) is 5.92. The van der Waals surface area contributed by atoms with Crippen molar-refractivity contribution >= 4 is 5.97 Å². The van der Waals surface area contributed by atoms with Crippen LogP contribution in [-0.4, -0.2) is 65.9 Å². The van der Waals surface area contributed by atoms with Crippen LogP contribution in [0.3, 0.4) is 0 Å². The molecular weight excluding hydrogens is 324 g/mol. The van der Waals surface area contributed by atoms with Crippen LogP contribution in [0.4, 0.5) is 0 Å². The van der Waals surface area contributed by atoms with E-state index < -0.39 is 0 Å². The Labute approximate surface area is 153 Å². The first kappa shape index (κ1) is 24.3. The second kappa shape index (κ2) is 21.4. The molecule has 6 heteroatoms. The molecular formula is C19H38O6. The fourth-order valence-corrected chi connectivity index (χ4v) is 2.14. The summed E-state index contributed by atoms with van der Waals surface area (Å²) in [6.45, 7) is 6.69. The van der Waals surface area contributed by atoms with Crippen LogP contribution in [0.2, 0.25) is 0 Å². The highest BCUT2D eigenvalue weighted by Crippen LogP contribution is 2.05. The summed E-state index contributed by atoms with van der Waals surface area (Å²) in [5.41, 5.74) is 0. The number of esters is 1. The van der Waals surface area contributed by atoms with Crippen molar-refractivity contribution in [3.05, 3.63) is 0 Å². The van der Waals surface area contributed by atoms with E-state index in [9.17, 15) is 4.79 Å². The van der Waals surface area contributed by atoms with E-state index in [-0.39, 0.29) is 5.97 Å². The van der Waals surface area contributed by atoms with Crippen LogP contribution >= 0.6 is 0 Å². The third-order valence-electron chi connectivity index (χ3n) is 3.61. The molecule has 0 radical (unpaired) electrons. The molecule has 0 unspecified atom stereocenters. The second-order valence-electron chi connectivity index (χ2n) is 5.92. The highest BCUT2D eigenvalue weighted by Gasteiger charge is 2.02. The number of ether oxygens (including phenoxy) is 5. The normalized spacial score (nSPS) is 11.0. The van der Waals surface area contributed by atoms with Crippen LogP contribution in [0.1, 0.15) is 58.3 Å². The van der Waals surface area contributed by atoms with Gasteiger partial charge in [0.05, 0.1) is 46.2 Å². The van der Waals surface area contributed by atoms with Gasteiger partial charge in [0.25, 0.3) is 0 Å². The minimum absolute atomic E-state index is 0.124. The Morgan fingerprint density at radius 1 is 0.640 bits per heavy atom. The Morgan fingerprint density at radius 2 is 1.20 bits per heavy atom. The van der Waals surface area contributed by atoms with E-state index >= 15 is 0 Å². The summed E-state index contributed by atoms with van der Waals surface area (Å²) in [7, 11) is 1.65. The topological polar surface area (TPSA) is 63.2 Å². The van der Waals surface area contributed by atoms with Crippen molar-refractivity contribution in [2.24, 2.45) is 0 Å². The predicted octanol–water partition coefficient (Wildman–Crippen LogP) is 3.37. The van der Waals surface area contributed by atoms with E-state index in [4.69, 9.17) is 23.7 Å². The number of unbranched alkanes of at least 4 members (excludes halogenated alkanes) is 5. The van der Waals surface area contributed by atoms with Crippen LogP contribution in [-0.2, 0) is 28.5 Å². The van der Waals surface area contributed by atoms with Gasteiger partial charge in [-0.2, -0.15) is 0 Å². The summed E-state index contributed by atoms with van der Waals surface area (Å²) in [4.78, 5) is 11.5. The molecule has 0 rings (SSSR count). The van der Waals surface area contributed by atoms with Gasteiger partial charge in [0, 0.05) is 20.1 Å². The number of carbonyl (C=O) groups excluding carboxylic acids is 1. The molecule has 0 aliphatic carbocycles. The van der Waals surface area contributed by atoms with Crippen LogP contribution in [0, 0.1) is 0 Å². The van der Waals surface area contributed by atoms with Gasteiger partial charge in [0.2, 0.25) is 0 Å². The standard InChI is InChI=1S/C19H38O6/c1-3-4-5-6-7-8-12-25-19(20)10-9-11-22-15-16-24-18-17-23-14-13-21-2/h3-18H2,1-2H3. The van der Waals surface area contributed by atoms with Gasteiger partial charge in [-0.05, 0) is 12.8 Å². The summed E-state index contributed by atoms with van der Waals surface area (Å²) < 4.78 is 26.1. The van der Waals surface area contributed by atoms with E-state index in [1.807, 2.05) is 0 Å². The molecule has 150 valence electrons. The van der Waals surface area contributed by atoms with E-state index in [2.05, 4.69) is 6.92 Å². The molecule has 25 heavy (non-hydrogen) atoms. The third kappa shape index (κ3) is 21.3. The van der Waals surface area contributed by atoms with Crippen LogP contribution in [0.25, 0.3) is 0 Å². The fourth-order valence-electron chi connectivity index (χ4n) is 2.14. The molecule has 0 aromatic heterocycles. The van der Waals surface area contributed by atoms with Crippen molar-refractivity contribution in [3.63, 3.8) is 0 Å². The molecule has 0 saturated heterocycles. The van der Waals surface area contributed by atoms with Crippen LogP contribution in [0.5, 0.6) is 0 Å². The van der Waals surface area contributed by atoms with Gasteiger partial charge in [0.15, 0.2) is 0 Å². The molecule has 0 bridgehead atoms. The third-order valence-corrected chi connectivity index (χ3v) is 3.61. The first-order valence-electron chi connectivity index (χ1n) is 9.69. The maximum absolute atomic E-state index is 11.5. The highest BCUT2D eigenvalue weighted by molar-refractivity contribution is 5.69. The van der Waals surface area contributed by atoms with Gasteiger partial charge >= 0.3 is 5.97 Å². The number of carbonyl (C=O) groups is 1. The number of methoxy groups -OCH3 is 1. The molecule has 0 aliphatic rings. The monoisotopic (exact) mass is 362 g/mol. The molecule has 0 spiro atoms. The molecule has 0 fully saturated rings. The number of rotatable bonds is 20. The first-order valence-corrected chi connectivity index (χ1v) is 9.69.